The molecule has 1 aliphatic rings. The van der Waals surface area contributed by atoms with Crippen LogP contribution in [0.1, 0.15) is 40.0 Å². The Labute approximate surface area is 134 Å². The van der Waals surface area contributed by atoms with Crippen molar-refractivity contribution in [2.45, 2.75) is 52.1 Å². The number of rotatable bonds is 6. The van der Waals surface area contributed by atoms with Crippen molar-refractivity contribution < 1.29 is 13.2 Å². The number of carbonyl (C=O) groups excluding carboxylic acids is 1. The second-order valence-corrected chi connectivity index (χ2v) is 7.57. The fourth-order valence-electron chi connectivity index (χ4n) is 2.26. The number of hydrogen-bond acceptors (Lipinski definition) is 4. The molecule has 21 heavy (non-hydrogen) atoms. The van der Waals surface area contributed by atoms with Gasteiger partial charge >= 0.3 is 0 Å². The number of halogens is 1. The number of piperidine rings is 1. The fraction of sp³-hybridized carbons (Fsp3) is 0.923. The predicted molar refractivity (Wildman–Crippen MR) is 86.9 cm³/mol. The van der Waals surface area contributed by atoms with E-state index in [1.807, 2.05) is 13.8 Å². The lowest BCUT2D eigenvalue weighted by Crippen LogP contribution is -2.52. The number of amides is 1. The van der Waals surface area contributed by atoms with Gasteiger partial charge in [0.25, 0.3) is 0 Å². The monoisotopic (exact) mass is 341 g/mol. The van der Waals surface area contributed by atoms with E-state index in [0.717, 1.165) is 6.42 Å². The maximum Gasteiger partial charge on any atom is 0.239 e. The van der Waals surface area contributed by atoms with Gasteiger partial charge in [0.1, 0.15) is 0 Å². The first kappa shape index (κ1) is 20.6. The molecule has 0 aromatic rings. The summed E-state index contributed by atoms with van der Waals surface area (Å²) in [5.74, 6) is 0.236. The number of carbonyl (C=O) groups is 1. The number of likely N-dealkylation sites (tertiary alicyclic amines) is 1. The standard InChI is InChI=1S/C13H27N3O3S.ClH/c1-4-10(3)12(14)13(17)16-8-6-11(7-9-16)15-20(18,19)5-2;/h10-12,15H,4-9,14H2,1-3H3;1H. The topological polar surface area (TPSA) is 92.5 Å². The number of nitrogens with one attached hydrogen (secondary N) is 1. The SMILES string of the molecule is CCC(C)C(N)C(=O)N1CCC(NS(=O)(=O)CC)CC1.Cl. The summed E-state index contributed by atoms with van der Waals surface area (Å²) in [5, 5.41) is 0. The molecule has 1 heterocycles. The van der Waals surface area contributed by atoms with Gasteiger partial charge in [-0.25, -0.2) is 13.1 Å². The minimum absolute atomic E-state index is 0. The summed E-state index contributed by atoms with van der Waals surface area (Å²) in [6.45, 7) is 6.75. The first-order valence-electron chi connectivity index (χ1n) is 7.35. The Morgan fingerprint density at radius 1 is 1.33 bits per heavy atom. The van der Waals surface area contributed by atoms with Crippen LogP contribution in [0.4, 0.5) is 0 Å². The molecule has 8 heteroatoms. The van der Waals surface area contributed by atoms with Crippen LogP contribution < -0.4 is 10.5 Å². The van der Waals surface area contributed by atoms with E-state index in [1.54, 1.807) is 11.8 Å². The van der Waals surface area contributed by atoms with Gasteiger partial charge in [0.05, 0.1) is 11.8 Å². The third-order valence-corrected chi connectivity index (χ3v) is 5.53. The van der Waals surface area contributed by atoms with Crippen LogP contribution in [0.5, 0.6) is 0 Å². The van der Waals surface area contributed by atoms with E-state index in [1.165, 1.54) is 0 Å². The van der Waals surface area contributed by atoms with Crippen molar-refractivity contribution in [1.82, 2.24) is 9.62 Å². The van der Waals surface area contributed by atoms with Crippen molar-refractivity contribution in [2.75, 3.05) is 18.8 Å². The molecular weight excluding hydrogens is 314 g/mol. The summed E-state index contributed by atoms with van der Waals surface area (Å²) >= 11 is 0. The predicted octanol–water partition coefficient (Wildman–Crippen LogP) is 0.712. The maximum absolute atomic E-state index is 12.2. The van der Waals surface area contributed by atoms with Gasteiger partial charge in [-0.15, -0.1) is 12.4 Å². The van der Waals surface area contributed by atoms with Crippen molar-refractivity contribution in [2.24, 2.45) is 11.7 Å². The molecule has 0 saturated carbocycles. The van der Waals surface area contributed by atoms with Crippen LogP contribution in [0.2, 0.25) is 0 Å². The van der Waals surface area contributed by atoms with Gasteiger partial charge in [-0.1, -0.05) is 20.3 Å². The molecule has 0 aromatic carbocycles. The van der Waals surface area contributed by atoms with E-state index in [0.29, 0.717) is 25.9 Å². The van der Waals surface area contributed by atoms with Crippen molar-refractivity contribution in [1.29, 1.82) is 0 Å². The van der Waals surface area contributed by atoms with Gasteiger partial charge in [-0.05, 0) is 25.7 Å². The van der Waals surface area contributed by atoms with Crippen molar-refractivity contribution >= 4 is 28.3 Å². The Bertz CT molecular complexity index is 422. The summed E-state index contributed by atoms with van der Waals surface area (Å²) in [6, 6.07) is -0.521. The molecule has 2 atom stereocenters. The normalized spacial score (nSPS) is 19.7. The van der Waals surface area contributed by atoms with Gasteiger partial charge in [-0.3, -0.25) is 4.79 Å². The Morgan fingerprint density at radius 2 is 1.86 bits per heavy atom. The van der Waals surface area contributed by atoms with E-state index in [4.69, 9.17) is 5.73 Å². The molecule has 1 saturated heterocycles. The van der Waals surface area contributed by atoms with Crippen molar-refractivity contribution in [3.63, 3.8) is 0 Å². The smallest absolute Gasteiger partial charge is 0.239 e. The first-order chi connectivity index (χ1) is 9.30. The average Bonchev–Trinajstić information content (AvgIpc) is 2.45. The number of hydrogen-bond donors (Lipinski definition) is 2. The Balaban J connectivity index is 0.00000400. The van der Waals surface area contributed by atoms with Crippen LogP contribution >= 0.6 is 12.4 Å². The van der Waals surface area contributed by atoms with Gasteiger partial charge in [0.2, 0.25) is 15.9 Å². The van der Waals surface area contributed by atoms with Crippen LogP contribution in [0.15, 0.2) is 0 Å². The lowest BCUT2D eigenvalue weighted by Gasteiger charge is -2.34. The van der Waals surface area contributed by atoms with Gasteiger partial charge in [0, 0.05) is 19.1 Å². The molecule has 126 valence electrons. The van der Waals surface area contributed by atoms with E-state index >= 15 is 0 Å². The zero-order valence-corrected chi connectivity index (χ0v) is 14.7. The summed E-state index contributed by atoms with van der Waals surface area (Å²) in [6.07, 6.45) is 2.18. The van der Waals surface area contributed by atoms with Crippen molar-refractivity contribution in [3.8, 4) is 0 Å². The molecule has 0 bridgehead atoms. The Kier molecular flexibility index (Phi) is 8.77. The minimum Gasteiger partial charge on any atom is -0.341 e. The number of sulfonamides is 1. The molecule has 1 amide bonds. The van der Waals surface area contributed by atoms with Gasteiger partial charge < -0.3 is 10.6 Å². The molecule has 0 radical (unpaired) electrons. The van der Waals surface area contributed by atoms with Crippen LogP contribution in [-0.2, 0) is 14.8 Å². The lowest BCUT2D eigenvalue weighted by atomic mass is 9.97. The molecule has 1 rings (SSSR count). The number of nitrogens with zero attached hydrogens (tertiary/aromatic N) is 1. The molecule has 0 aliphatic carbocycles. The van der Waals surface area contributed by atoms with E-state index < -0.39 is 16.1 Å². The van der Waals surface area contributed by atoms with Crippen LogP contribution in [-0.4, -0.2) is 50.2 Å². The molecular formula is C13H28ClN3O3S. The molecule has 1 fully saturated rings. The molecule has 1 aliphatic heterocycles. The third kappa shape index (κ3) is 6.10. The molecule has 0 spiro atoms. The summed E-state index contributed by atoms with van der Waals surface area (Å²) in [7, 11) is -3.17. The fourth-order valence-corrected chi connectivity index (χ4v) is 3.17. The van der Waals surface area contributed by atoms with E-state index in [2.05, 4.69) is 4.72 Å². The zero-order chi connectivity index (χ0) is 15.3. The van der Waals surface area contributed by atoms with Crippen molar-refractivity contribution in [3.05, 3.63) is 0 Å². The molecule has 6 nitrogen and oxygen atoms in total. The maximum atomic E-state index is 12.2. The second-order valence-electron chi connectivity index (χ2n) is 5.53. The summed E-state index contributed by atoms with van der Waals surface area (Å²) in [4.78, 5) is 14.0. The third-order valence-electron chi connectivity index (χ3n) is 4.08. The summed E-state index contributed by atoms with van der Waals surface area (Å²) < 4.78 is 25.7. The Morgan fingerprint density at radius 3 is 2.29 bits per heavy atom. The largest absolute Gasteiger partial charge is 0.341 e. The quantitative estimate of drug-likeness (QED) is 0.744. The van der Waals surface area contributed by atoms with Gasteiger partial charge in [0.15, 0.2) is 0 Å². The first-order valence-corrected chi connectivity index (χ1v) is 9.00. The Hall–Kier alpha value is -0.370. The summed E-state index contributed by atoms with van der Waals surface area (Å²) in [5.41, 5.74) is 5.96. The molecule has 0 aromatic heterocycles. The highest BCUT2D eigenvalue weighted by Gasteiger charge is 2.29. The van der Waals surface area contributed by atoms with Gasteiger partial charge in [-0.2, -0.15) is 0 Å². The highest BCUT2D eigenvalue weighted by Crippen LogP contribution is 2.15. The van der Waals surface area contributed by atoms with Crippen LogP contribution in [0.25, 0.3) is 0 Å². The zero-order valence-electron chi connectivity index (χ0n) is 13.0. The average molecular weight is 342 g/mol. The minimum atomic E-state index is -3.17. The molecule has 3 N–H and O–H groups in total. The molecule has 2 unspecified atom stereocenters. The lowest BCUT2D eigenvalue weighted by molar-refractivity contribution is -0.134. The van der Waals surface area contributed by atoms with Crippen LogP contribution in [0.3, 0.4) is 0 Å². The second kappa shape index (κ2) is 8.92. The highest BCUT2D eigenvalue weighted by atomic mass is 35.5. The number of nitrogens with two attached hydrogens (primary N) is 1. The van der Waals surface area contributed by atoms with E-state index in [9.17, 15) is 13.2 Å². The van der Waals surface area contributed by atoms with Crippen LogP contribution in [0, 0.1) is 5.92 Å². The van der Waals surface area contributed by atoms with E-state index in [-0.39, 0.29) is 36.0 Å². The highest BCUT2D eigenvalue weighted by molar-refractivity contribution is 7.89.